The zero-order valence-electron chi connectivity index (χ0n) is 9.16. The second-order valence-corrected chi connectivity index (χ2v) is 5.26. The first kappa shape index (κ1) is 9.85. The molecule has 2 aromatic rings. The molecular weight excluding hydrogens is 213 g/mol. The van der Waals surface area contributed by atoms with Gasteiger partial charge in [0.1, 0.15) is 7.85 Å². The average Bonchev–Trinajstić information content (AvgIpc) is 2.27. The van der Waals surface area contributed by atoms with E-state index in [4.69, 9.17) is 5.73 Å². The first-order valence-corrected chi connectivity index (χ1v) is 6.20. The SMILES string of the molecule is Bc1cccc2c1Sc1ccc(N)cc1C2. The van der Waals surface area contributed by atoms with Crippen LogP contribution in [0.1, 0.15) is 11.1 Å². The van der Waals surface area contributed by atoms with Gasteiger partial charge in [-0.05, 0) is 35.7 Å². The van der Waals surface area contributed by atoms with Crippen molar-refractivity contribution < 1.29 is 0 Å². The maximum atomic E-state index is 5.82. The van der Waals surface area contributed by atoms with Crippen molar-refractivity contribution in [2.45, 2.75) is 16.2 Å². The Morgan fingerprint density at radius 3 is 2.88 bits per heavy atom. The summed E-state index contributed by atoms with van der Waals surface area (Å²) < 4.78 is 0. The minimum absolute atomic E-state index is 0.857. The molecule has 0 unspecified atom stereocenters. The number of anilines is 1. The zero-order valence-corrected chi connectivity index (χ0v) is 9.97. The lowest BCUT2D eigenvalue weighted by atomic mass is 9.92. The molecule has 0 fully saturated rings. The van der Waals surface area contributed by atoms with E-state index in [1.54, 1.807) is 0 Å². The Bertz CT molecular complexity index is 566. The van der Waals surface area contributed by atoms with Gasteiger partial charge in [-0.15, -0.1) is 0 Å². The molecule has 2 N–H and O–H groups in total. The van der Waals surface area contributed by atoms with E-state index in [0.717, 1.165) is 12.1 Å². The number of nitrogens with two attached hydrogens (primary N) is 1. The molecule has 0 aromatic heterocycles. The molecule has 0 atom stereocenters. The molecule has 1 heterocycles. The quantitative estimate of drug-likeness (QED) is 0.464. The average molecular weight is 225 g/mol. The molecule has 0 bridgehead atoms. The fourth-order valence-corrected chi connectivity index (χ4v) is 3.27. The van der Waals surface area contributed by atoms with Crippen LogP contribution in [-0.2, 0) is 6.42 Å². The van der Waals surface area contributed by atoms with Crippen molar-refractivity contribution in [1.29, 1.82) is 0 Å². The molecule has 1 aliphatic heterocycles. The van der Waals surface area contributed by atoms with Crippen molar-refractivity contribution >= 4 is 30.8 Å². The minimum atomic E-state index is 0.857. The summed E-state index contributed by atoms with van der Waals surface area (Å²) in [6.07, 6.45) is 1.00. The molecular formula is C13H12BNS. The first-order valence-electron chi connectivity index (χ1n) is 5.39. The van der Waals surface area contributed by atoms with Crippen molar-refractivity contribution in [1.82, 2.24) is 0 Å². The van der Waals surface area contributed by atoms with Crippen LogP contribution in [0.3, 0.4) is 0 Å². The Balaban J connectivity index is 2.13. The van der Waals surface area contributed by atoms with Crippen LogP contribution >= 0.6 is 11.8 Å². The van der Waals surface area contributed by atoms with Crippen LogP contribution in [0.4, 0.5) is 5.69 Å². The summed E-state index contributed by atoms with van der Waals surface area (Å²) in [5.74, 6) is 0. The molecule has 2 aromatic carbocycles. The third-order valence-corrected chi connectivity index (χ3v) is 4.38. The van der Waals surface area contributed by atoms with Gasteiger partial charge in [-0.3, -0.25) is 0 Å². The molecule has 0 aliphatic carbocycles. The number of rotatable bonds is 0. The number of hydrogen-bond acceptors (Lipinski definition) is 2. The maximum absolute atomic E-state index is 5.82. The van der Waals surface area contributed by atoms with Gasteiger partial charge < -0.3 is 5.73 Å². The highest BCUT2D eigenvalue weighted by Crippen LogP contribution is 2.38. The van der Waals surface area contributed by atoms with E-state index in [1.807, 2.05) is 17.8 Å². The number of hydrogen-bond donors (Lipinski definition) is 1. The molecule has 0 saturated carbocycles. The van der Waals surface area contributed by atoms with Crippen LogP contribution in [0.15, 0.2) is 46.2 Å². The highest BCUT2D eigenvalue weighted by Gasteiger charge is 2.16. The third-order valence-electron chi connectivity index (χ3n) is 2.97. The minimum Gasteiger partial charge on any atom is -0.399 e. The fraction of sp³-hybridized carbons (Fsp3) is 0.0769. The van der Waals surface area contributed by atoms with Gasteiger partial charge in [0.15, 0.2) is 0 Å². The zero-order chi connectivity index (χ0) is 11.1. The second kappa shape index (κ2) is 3.60. The van der Waals surface area contributed by atoms with Crippen LogP contribution < -0.4 is 11.2 Å². The summed E-state index contributed by atoms with van der Waals surface area (Å²) in [5.41, 5.74) is 10.8. The van der Waals surface area contributed by atoms with Gasteiger partial charge in [0.05, 0.1) is 0 Å². The van der Waals surface area contributed by atoms with Gasteiger partial charge in [-0.2, -0.15) is 0 Å². The van der Waals surface area contributed by atoms with Crippen LogP contribution in [-0.4, -0.2) is 7.85 Å². The van der Waals surface area contributed by atoms with Gasteiger partial charge >= 0.3 is 0 Å². The Kier molecular flexibility index (Phi) is 2.21. The predicted octanol–water partition coefficient (Wildman–Crippen LogP) is 1.58. The third kappa shape index (κ3) is 1.52. The highest BCUT2D eigenvalue weighted by molar-refractivity contribution is 7.99. The van der Waals surface area contributed by atoms with Crippen LogP contribution in [0, 0.1) is 0 Å². The molecule has 0 saturated heterocycles. The number of nitrogen functional groups attached to an aromatic ring is 1. The molecule has 0 spiro atoms. The van der Waals surface area contributed by atoms with E-state index >= 15 is 0 Å². The predicted molar refractivity (Wildman–Crippen MR) is 72.4 cm³/mol. The van der Waals surface area contributed by atoms with E-state index in [9.17, 15) is 0 Å². The maximum Gasteiger partial charge on any atom is 0.140 e. The van der Waals surface area contributed by atoms with Gasteiger partial charge in [0.25, 0.3) is 0 Å². The van der Waals surface area contributed by atoms with E-state index in [1.165, 1.54) is 26.4 Å². The second-order valence-electron chi connectivity index (χ2n) is 4.21. The van der Waals surface area contributed by atoms with Crippen LogP contribution in [0.25, 0.3) is 0 Å². The summed E-state index contributed by atoms with van der Waals surface area (Å²) >= 11 is 1.86. The lowest BCUT2D eigenvalue weighted by molar-refractivity contribution is 1.06. The van der Waals surface area contributed by atoms with Gasteiger partial charge in [-0.25, -0.2) is 0 Å². The van der Waals surface area contributed by atoms with Crippen molar-refractivity contribution in [2.75, 3.05) is 5.73 Å². The summed E-state index contributed by atoms with van der Waals surface area (Å²) in [5, 5.41) is 0. The standard InChI is InChI=1S/C13H12BNS/c14-11-3-1-2-8-6-9-7-10(15)4-5-12(9)16-13(8)11/h1-5,7H,6,14-15H2. The Hall–Kier alpha value is -1.35. The molecule has 3 heteroatoms. The summed E-state index contributed by atoms with van der Waals surface area (Å²) in [7, 11) is 2.17. The van der Waals surface area contributed by atoms with E-state index < -0.39 is 0 Å². The van der Waals surface area contributed by atoms with Crippen LogP contribution in [0.2, 0.25) is 0 Å². The summed E-state index contributed by atoms with van der Waals surface area (Å²) in [6.45, 7) is 0. The lowest BCUT2D eigenvalue weighted by Gasteiger charge is -2.20. The van der Waals surface area contributed by atoms with E-state index in [2.05, 4.69) is 38.2 Å². The Morgan fingerprint density at radius 2 is 2.00 bits per heavy atom. The highest BCUT2D eigenvalue weighted by atomic mass is 32.2. The first-order chi connectivity index (χ1) is 7.74. The molecule has 0 radical (unpaired) electrons. The fourth-order valence-electron chi connectivity index (χ4n) is 2.15. The van der Waals surface area contributed by atoms with Gasteiger partial charge in [0.2, 0.25) is 0 Å². The van der Waals surface area contributed by atoms with Crippen molar-refractivity contribution in [3.8, 4) is 0 Å². The Labute approximate surface area is 100 Å². The van der Waals surface area contributed by atoms with Gasteiger partial charge in [-0.1, -0.05) is 35.4 Å². The van der Waals surface area contributed by atoms with E-state index in [0.29, 0.717) is 0 Å². The molecule has 3 rings (SSSR count). The Morgan fingerprint density at radius 1 is 1.12 bits per heavy atom. The topological polar surface area (TPSA) is 26.0 Å². The largest absolute Gasteiger partial charge is 0.399 e. The van der Waals surface area contributed by atoms with Crippen molar-refractivity contribution in [2.24, 2.45) is 0 Å². The molecule has 1 nitrogen and oxygen atoms in total. The molecule has 1 aliphatic rings. The monoisotopic (exact) mass is 225 g/mol. The normalized spacial score (nSPS) is 13.0. The lowest BCUT2D eigenvalue weighted by Crippen LogP contribution is -2.12. The van der Waals surface area contributed by atoms with Gasteiger partial charge in [0, 0.05) is 15.5 Å². The molecule has 0 amide bonds. The van der Waals surface area contributed by atoms with Crippen molar-refractivity contribution in [3.05, 3.63) is 47.5 Å². The number of benzene rings is 2. The molecule has 16 heavy (non-hydrogen) atoms. The van der Waals surface area contributed by atoms with Crippen LogP contribution in [0.5, 0.6) is 0 Å². The number of fused-ring (bicyclic) bond motifs is 2. The van der Waals surface area contributed by atoms with Crippen molar-refractivity contribution in [3.63, 3.8) is 0 Å². The summed E-state index contributed by atoms with van der Waals surface area (Å²) in [6, 6.07) is 12.7. The van der Waals surface area contributed by atoms with E-state index in [-0.39, 0.29) is 0 Å². The summed E-state index contributed by atoms with van der Waals surface area (Å²) in [4.78, 5) is 2.76. The molecule has 78 valence electrons. The smallest absolute Gasteiger partial charge is 0.140 e.